The van der Waals surface area contributed by atoms with E-state index < -0.39 is 35.9 Å². The third-order valence-corrected chi connectivity index (χ3v) is 6.30. The number of anilines is 2. The fourth-order valence-corrected chi connectivity index (χ4v) is 4.66. The summed E-state index contributed by atoms with van der Waals surface area (Å²) in [5.74, 6) is -0.536. The van der Waals surface area contributed by atoms with Gasteiger partial charge in [-0.05, 0) is 61.5 Å². The van der Waals surface area contributed by atoms with E-state index in [4.69, 9.17) is 17.0 Å². The normalized spacial score (nSPS) is 11.7. The number of hydrogen-bond donors (Lipinski definition) is 5. The number of methoxy groups -OCH3 is 1. The Morgan fingerprint density at radius 3 is 1.78 bits per heavy atom. The predicted octanol–water partition coefficient (Wildman–Crippen LogP) is -0.366. The van der Waals surface area contributed by atoms with E-state index in [1.165, 1.54) is 49.6 Å². The first-order valence-electron chi connectivity index (χ1n) is 9.98. The molecule has 15 heteroatoms. The van der Waals surface area contributed by atoms with Gasteiger partial charge in [-0.1, -0.05) is 24.3 Å². The van der Waals surface area contributed by atoms with Gasteiger partial charge in [0.15, 0.2) is 5.11 Å². The van der Waals surface area contributed by atoms with Gasteiger partial charge < -0.3 is 20.7 Å². The van der Waals surface area contributed by atoms with Gasteiger partial charge in [0.1, 0.15) is 16.4 Å². The first-order valence-corrected chi connectivity index (χ1v) is 13.3. The van der Waals surface area contributed by atoms with Gasteiger partial charge in [0.2, 0.25) is 5.91 Å². The second kappa shape index (κ2) is 13.6. The second-order valence-electron chi connectivity index (χ2n) is 7.52. The average Bonchev–Trinajstić information content (AvgIpc) is 2.71. The molecule has 0 bridgehead atoms. The summed E-state index contributed by atoms with van der Waals surface area (Å²) in [6.45, 7) is 3.48. The molecule has 0 saturated heterocycles. The molecule has 2 aromatic rings. The molecule has 0 aromatic heterocycles. The van der Waals surface area contributed by atoms with Crippen molar-refractivity contribution in [2.24, 2.45) is 0 Å². The van der Waals surface area contributed by atoms with Crippen molar-refractivity contribution in [2.45, 2.75) is 29.7 Å². The van der Waals surface area contributed by atoms with E-state index in [1.807, 2.05) is 13.8 Å². The van der Waals surface area contributed by atoms with Crippen molar-refractivity contribution in [3.8, 4) is 0 Å². The summed E-state index contributed by atoms with van der Waals surface area (Å²) in [5, 5.41) is 8.42. The smallest absolute Gasteiger partial charge is 0.375 e. The summed E-state index contributed by atoms with van der Waals surface area (Å²) in [6.07, 6.45) is 2.50. The van der Waals surface area contributed by atoms with E-state index in [1.54, 1.807) is 0 Å². The zero-order chi connectivity index (χ0) is 26.4. The van der Waals surface area contributed by atoms with E-state index in [9.17, 15) is 30.7 Å². The third-order valence-electron chi connectivity index (χ3n) is 4.26. The number of nitrogens with one attached hydrogen (secondary N) is 3. The van der Waals surface area contributed by atoms with Crippen LogP contribution < -0.4 is 45.5 Å². The maximum Gasteiger partial charge on any atom is 1.00 e. The standard InChI is InChI=1S/C21H25N3O8S3.Na/c1-13(2)22-21(33)24-17-9-7-15(19(11-17)35(29,30)31)5-4-14-6-8-16(23-20(25)12-32-3)10-18(14)34(26,27)28;/h4-11,13H,12H2,1-3H3,(H,23,25)(H2,22,24,33)(H,26,27,28)(H,29,30,31);/q;+1/b5-4+;. The number of amides is 1. The Hall–Kier alpha value is -1.88. The Balaban J connectivity index is 0.00000648. The number of hydrogen-bond acceptors (Lipinski definition) is 7. The van der Waals surface area contributed by atoms with Crippen molar-refractivity contribution in [3.05, 3.63) is 47.5 Å². The van der Waals surface area contributed by atoms with Crippen molar-refractivity contribution in [3.63, 3.8) is 0 Å². The van der Waals surface area contributed by atoms with Crippen LogP contribution in [0.15, 0.2) is 46.2 Å². The molecule has 2 aromatic carbocycles. The Kier molecular flexibility index (Phi) is 12.1. The summed E-state index contributed by atoms with van der Waals surface area (Å²) in [7, 11) is -8.06. The van der Waals surface area contributed by atoms with Gasteiger partial charge in [-0.2, -0.15) is 16.8 Å². The first kappa shape index (κ1) is 32.1. The Labute approximate surface area is 237 Å². The molecule has 2 rings (SSSR count). The molecular formula is C21H25N3NaO8S3+. The summed E-state index contributed by atoms with van der Waals surface area (Å²) in [5.41, 5.74) is 0.433. The van der Waals surface area contributed by atoms with Crippen molar-refractivity contribution in [1.29, 1.82) is 0 Å². The molecule has 0 heterocycles. The zero-order valence-electron chi connectivity index (χ0n) is 20.0. The molecule has 11 nitrogen and oxygen atoms in total. The maximum absolute atomic E-state index is 12.0. The Morgan fingerprint density at radius 1 is 0.944 bits per heavy atom. The molecule has 0 saturated carbocycles. The topological polar surface area (TPSA) is 171 Å². The van der Waals surface area contributed by atoms with Crippen LogP contribution in [0.5, 0.6) is 0 Å². The largest absolute Gasteiger partial charge is 1.00 e. The Bertz CT molecular complexity index is 1360. The monoisotopic (exact) mass is 566 g/mol. The minimum atomic E-state index is -4.71. The van der Waals surface area contributed by atoms with Crippen LogP contribution in [0.3, 0.4) is 0 Å². The number of thiocarbonyl (C=S) groups is 1. The van der Waals surface area contributed by atoms with Gasteiger partial charge in [-0.25, -0.2) is 0 Å². The first-order chi connectivity index (χ1) is 16.2. The molecule has 0 spiro atoms. The van der Waals surface area contributed by atoms with Crippen LogP contribution in [0.25, 0.3) is 12.2 Å². The number of rotatable bonds is 9. The van der Waals surface area contributed by atoms with Crippen LogP contribution >= 0.6 is 12.2 Å². The van der Waals surface area contributed by atoms with Crippen molar-refractivity contribution in [1.82, 2.24) is 5.32 Å². The van der Waals surface area contributed by atoms with E-state index in [0.717, 1.165) is 6.07 Å². The average molecular weight is 567 g/mol. The maximum atomic E-state index is 12.0. The number of carbonyl (C=O) groups is 1. The summed E-state index contributed by atoms with van der Waals surface area (Å²) in [6, 6.07) is 7.84. The molecule has 0 aliphatic rings. The molecule has 0 fully saturated rings. The number of ether oxygens (including phenoxy) is 1. The van der Waals surface area contributed by atoms with Gasteiger partial charge in [-0.3, -0.25) is 13.9 Å². The van der Waals surface area contributed by atoms with Gasteiger partial charge >= 0.3 is 29.6 Å². The van der Waals surface area contributed by atoms with Crippen LogP contribution in [0.4, 0.5) is 11.4 Å². The van der Waals surface area contributed by atoms with Gasteiger partial charge in [-0.15, -0.1) is 0 Å². The zero-order valence-corrected chi connectivity index (χ0v) is 24.4. The summed E-state index contributed by atoms with van der Waals surface area (Å²) < 4.78 is 71.8. The molecular weight excluding hydrogens is 541 g/mol. The van der Waals surface area contributed by atoms with Crippen molar-refractivity contribution < 1.29 is 65.0 Å². The SMILES string of the molecule is COCC(=O)Nc1ccc(/C=C/c2ccc(NC(=S)NC(C)C)cc2S(=O)(=O)O)c(S(=O)(=O)O)c1.[Na+]. The van der Waals surface area contributed by atoms with Gasteiger partial charge in [0.25, 0.3) is 20.2 Å². The van der Waals surface area contributed by atoms with Gasteiger partial charge in [0.05, 0.1) is 0 Å². The molecule has 5 N–H and O–H groups in total. The molecule has 1 amide bonds. The molecule has 190 valence electrons. The summed E-state index contributed by atoms with van der Waals surface area (Å²) in [4.78, 5) is 10.7. The van der Waals surface area contributed by atoms with Crippen LogP contribution in [0.1, 0.15) is 25.0 Å². The third kappa shape index (κ3) is 9.88. The molecule has 0 radical (unpaired) electrons. The molecule has 0 atom stereocenters. The van der Waals surface area contributed by atoms with Crippen LogP contribution in [-0.4, -0.2) is 56.7 Å². The van der Waals surface area contributed by atoms with E-state index in [2.05, 4.69) is 16.0 Å². The van der Waals surface area contributed by atoms with Crippen LogP contribution in [-0.2, 0) is 29.8 Å². The second-order valence-corrected chi connectivity index (χ2v) is 10.7. The number of carbonyl (C=O) groups excluding carboxylic acids is 1. The van der Waals surface area contributed by atoms with Crippen molar-refractivity contribution >= 4 is 67.0 Å². The molecule has 0 aliphatic carbocycles. The minimum absolute atomic E-state index is 0. The minimum Gasteiger partial charge on any atom is -0.375 e. The van der Waals surface area contributed by atoms with E-state index in [0.29, 0.717) is 5.69 Å². The van der Waals surface area contributed by atoms with Crippen molar-refractivity contribution in [2.75, 3.05) is 24.4 Å². The van der Waals surface area contributed by atoms with E-state index >= 15 is 0 Å². The molecule has 0 unspecified atom stereocenters. The molecule has 36 heavy (non-hydrogen) atoms. The van der Waals surface area contributed by atoms with Crippen LogP contribution in [0.2, 0.25) is 0 Å². The fraction of sp³-hybridized carbons (Fsp3) is 0.238. The Morgan fingerprint density at radius 2 is 1.39 bits per heavy atom. The predicted molar refractivity (Wildman–Crippen MR) is 136 cm³/mol. The number of benzene rings is 2. The van der Waals surface area contributed by atoms with E-state index in [-0.39, 0.29) is 64.1 Å². The summed E-state index contributed by atoms with van der Waals surface area (Å²) >= 11 is 5.14. The van der Waals surface area contributed by atoms with Crippen LogP contribution in [0, 0.1) is 0 Å². The van der Waals surface area contributed by atoms with Gasteiger partial charge in [0, 0.05) is 24.5 Å². The molecule has 0 aliphatic heterocycles. The quantitative estimate of drug-likeness (QED) is 0.116. The fourth-order valence-electron chi connectivity index (χ4n) is 2.88.